The van der Waals surface area contributed by atoms with Gasteiger partial charge in [0.05, 0.1) is 5.75 Å². The van der Waals surface area contributed by atoms with Gasteiger partial charge in [0.2, 0.25) is 0 Å². The van der Waals surface area contributed by atoms with Crippen LogP contribution in [0.4, 0.5) is 11.5 Å². The molecular weight excluding hydrogens is 260 g/mol. The lowest BCUT2D eigenvalue weighted by Gasteiger charge is -2.11. The summed E-state index contributed by atoms with van der Waals surface area (Å²) in [6.07, 6.45) is 1.09. The lowest BCUT2D eigenvalue weighted by atomic mass is 10.4. The fourth-order valence-electron chi connectivity index (χ4n) is 1.43. The summed E-state index contributed by atoms with van der Waals surface area (Å²) in [7, 11) is -3.13. The smallest absolute Gasteiger partial charge is 0.330 e. The van der Waals surface area contributed by atoms with Crippen molar-refractivity contribution in [1.29, 1.82) is 0 Å². The first-order valence-electron chi connectivity index (χ1n) is 5.30. The molecule has 1 aromatic rings. The average Bonchev–Trinajstić information content (AvgIpc) is 2.21. The molecule has 0 aliphatic rings. The van der Waals surface area contributed by atoms with Crippen LogP contribution in [0, 0.1) is 0 Å². The number of sulfone groups is 1. The topological polar surface area (TPSA) is 127 Å². The molecule has 0 atom stereocenters. The summed E-state index contributed by atoms with van der Waals surface area (Å²) < 4.78 is 23.1. The van der Waals surface area contributed by atoms with Gasteiger partial charge in [0, 0.05) is 19.3 Å². The van der Waals surface area contributed by atoms with E-state index in [0.717, 1.165) is 6.26 Å². The van der Waals surface area contributed by atoms with Gasteiger partial charge >= 0.3 is 5.69 Å². The van der Waals surface area contributed by atoms with Gasteiger partial charge in [-0.05, 0) is 6.92 Å². The van der Waals surface area contributed by atoms with Gasteiger partial charge in [0.15, 0.2) is 0 Å². The number of aromatic amines is 1. The van der Waals surface area contributed by atoms with Gasteiger partial charge in [0.1, 0.15) is 21.3 Å². The highest BCUT2D eigenvalue weighted by molar-refractivity contribution is 7.90. The largest absolute Gasteiger partial charge is 0.383 e. The van der Waals surface area contributed by atoms with Crippen molar-refractivity contribution in [3.05, 3.63) is 20.8 Å². The molecule has 8 nitrogen and oxygen atoms in total. The zero-order chi connectivity index (χ0) is 13.9. The molecule has 0 amide bonds. The molecule has 102 valence electrons. The number of aromatic nitrogens is 2. The van der Waals surface area contributed by atoms with E-state index >= 15 is 0 Å². The van der Waals surface area contributed by atoms with E-state index < -0.39 is 21.1 Å². The Bertz CT molecular complexity index is 644. The Labute approximate surface area is 104 Å². The van der Waals surface area contributed by atoms with Crippen LogP contribution in [0.2, 0.25) is 0 Å². The summed E-state index contributed by atoms with van der Waals surface area (Å²) in [4.78, 5) is 25.0. The Balaban J connectivity index is 3.03. The Morgan fingerprint density at radius 3 is 2.50 bits per heavy atom. The van der Waals surface area contributed by atoms with Crippen LogP contribution in [0.1, 0.15) is 6.92 Å². The maximum absolute atomic E-state index is 11.5. The van der Waals surface area contributed by atoms with Gasteiger partial charge < -0.3 is 11.1 Å². The van der Waals surface area contributed by atoms with E-state index in [-0.39, 0.29) is 23.8 Å². The second-order valence-electron chi connectivity index (χ2n) is 3.82. The maximum atomic E-state index is 11.5. The highest BCUT2D eigenvalue weighted by Crippen LogP contribution is 2.09. The summed E-state index contributed by atoms with van der Waals surface area (Å²) in [5.41, 5.74) is 4.44. The van der Waals surface area contributed by atoms with Crippen molar-refractivity contribution in [2.45, 2.75) is 13.5 Å². The molecule has 1 heterocycles. The van der Waals surface area contributed by atoms with E-state index in [2.05, 4.69) is 10.3 Å². The molecule has 0 aromatic carbocycles. The van der Waals surface area contributed by atoms with Crippen molar-refractivity contribution < 1.29 is 8.42 Å². The number of nitrogens with two attached hydrogens (primary N) is 1. The molecule has 4 N–H and O–H groups in total. The quantitative estimate of drug-likeness (QED) is 0.606. The van der Waals surface area contributed by atoms with Crippen LogP contribution in [-0.4, -0.2) is 36.5 Å². The van der Waals surface area contributed by atoms with Crippen LogP contribution in [0.3, 0.4) is 0 Å². The number of H-pyrrole nitrogens is 1. The summed E-state index contributed by atoms with van der Waals surface area (Å²) in [6.45, 7) is 2.06. The Morgan fingerprint density at radius 2 is 2.00 bits per heavy atom. The summed E-state index contributed by atoms with van der Waals surface area (Å²) in [5.74, 6) is -0.128. The first-order valence-corrected chi connectivity index (χ1v) is 7.36. The predicted molar refractivity (Wildman–Crippen MR) is 69.6 cm³/mol. The predicted octanol–water partition coefficient (Wildman–Crippen LogP) is -1.40. The highest BCUT2D eigenvalue weighted by atomic mass is 32.2. The van der Waals surface area contributed by atoms with Gasteiger partial charge in [-0.3, -0.25) is 14.3 Å². The molecular formula is C9H16N4O4S. The molecule has 0 radical (unpaired) electrons. The molecule has 0 saturated carbocycles. The molecule has 0 spiro atoms. The zero-order valence-electron chi connectivity index (χ0n) is 10.2. The second-order valence-corrected chi connectivity index (χ2v) is 6.08. The van der Waals surface area contributed by atoms with Crippen LogP contribution in [-0.2, 0) is 16.4 Å². The second kappa shape index (κ2) is 5.25. The number of hydrogen-bond acceptors (Lipinski definition) is 6. The zero-order valence-corrected chi connectivity index (χ0v) is 11.0. The minimum absolute atomic E-state index is 0.000231. The molecule has 0 bridgehead atoms. The van der Waals surface area contributed by atoms with Crippen molar-refractivity contribution in [3.8, 4) is 0 Å². The lowest BCUT2D eigenvalue weighted by Crippen LogP contribution is -2.34. The van der Waals surface area contributed by atoms with Gasteiger partial charge in [-0.2, -0.15) is 0 Å². The number of hydrogen-bond donors (Lipinski definition) is 3. The van der Waals surface area contributed by atoms with Gasteiger partial charge in [-0.15, -0.1) is 0 Å². The van der Waals surface area contributed by atoms with E-state index in [1.165, 1.54) is 4.57 Å². The van der Waals surface area contributed by atoms with Crippen molar-refractivity contribution in [2.75, 3.05) is 29.6 Å². The number of rotatable bonds is 5. The van der Waals surface area contributed by atoms with E-state index in [0.29, 0.717) is 6.54 Å². The van der Waals surface area contributed by atoms with Gasteiger partial charge in [-0.25, -0.2) is 13.2 Å². The Kier molecular flexibility index (Phi) is 4.17. The fourth-order valence-corrected chi connectivity index (χ4v) is 1.91. The summed E-state index contributed by atoms with van der Waals surface area (Å²) >= 11 is 0. The van der Waals surface area contributed by atoms with Crippen LogP contribution < -0.4 is 22.3 Å². The van der Waals surface area contributed by atoms with Crippen molar-refractivity contribution in [1.82, 2.24) is 9.55 Å². The van der Waals surface area contributed by atoms with Gasteiger partial charge in [0.25, 0.3) is 5.56 Å². The van der Waals surface area contributed by atoms with Gasteiger partial charge in [-0.1, -0.05) is 0 Å². The van der Waals surface area contributed by atoms with Crippen molar-refractivity contribution in [2.24, 2.45) is 0 Å². The highest BCUT2D eigenvalue weighted by Gasteiger charge is 2.11. The van der Waals surface area contributed by atoms with Crippen LogP contribution >= 0.6 is 0 Å². The SMILES string of the molecule is CCn1c(N)c(NCCS(C)(=O)=O)c(=O)[nH]c1=O. The summed E-state index contributed by atoms with van der Waals surface area (Å²) in [6, 6.07) is 0. The van der Waals surface area contributed by atoms with E-state index in [1.807, 2.05) is 0 Å². The van der Waals surface area contributed by atoms with E-state index in [9.17, 15) is 18.0 Å². The van der Waals surface area contributed by atoms with Crippen LogP contribution in [0.15, 0.2) is 9.59 Å². The average molecular weight is 276 g/mol. The number of anilines is 2. The Hall–Kier alpha value is -1.77. The first-order chi connectivity index (χ1) is 8.26. The third kappa shape index (κ3) is 3.36. The van der Waals surface area contributed by atoms with Crippen molar-refractivity contribution in [3.63, 3.8) is 0 Å². The molecule has 18 heavy (non-hydrogen) atoms. The third-order valence-electron chi connectivity index (χ3n) is 2.33. The monoisotopic (exact) mass is 276 g/mol. The molecule has 0 unspecified atom stereocenters. The third-order valence-corrected chi connectivity index (χ3v) is 3.28. The first kappa shape index (κ1) is 14.3. The lowest BCUT2D eigenvalue weighted by molar-refractivity contribution is 0.602. The minimum atomic E-state index is -3.13. The summed E-state index contributed by atoms with van der Waals surface area (Å²) in [5, 5.41) is 2.63. The van der Waals surface area contributed by atoms with Crippen molar-refractivity contribution >= 4 is 21.3 Å². The molecule has 1 rings (SSSR count). The van der Waals surface area contributed by atoms with E-state index in [1.54, 1.807) is 6.92 Å². The molecule has 1 aromatic heterocycles. The number of nitrogens with zero attached hydrogens (tertiary/aromatic N) is 1. The minimum Gasteiger partial charge on any atom is -0.383 e. The normalized spacial score (nSPS) is 11.4. The Morgan fingerprint density at radius 1 is 1.39 bits per heavy atom. The fraction of sp³-hybridized carbons (Fsp3) is 0.556. The molecule has 0 aliphatic heterocycles. The molecule has 9 heteroatoms. The van der Waals surface area contributed by atoms with Crippen LogP contribution in [0.25, 0.3) is 0 Å². The maximum Gasteiger partial charge on any atom is 0.330 e. The molecule has 0 saturated heterocycles. The molecule has 0 aliphatic carbocycles. The standard InChI is InChI=1S/C9H16N4O4S/c1-3-13-7(10)6(8(14)12-9(13)15)11-4-5-18(2,16)17/h11H,3-5,10H2,1-2H3,(H,12,14,15). The van der Waals surface area contributed by atoms with E-state index in [4.69, 9.17) is 5.73 Å². The molecule has 0 fully saturated rings. The number of nitrogen functional groups attached to an aromatic ring is 1. The van der Waals surface area contributed by atoms with Crippen LogP contribution in [0.5, 0.6) is 0 Å². The number of nitrogens with one attached hydrogen (secondary N) is 2.